The van der Waals surface area contributed by atoms with Crippen LogP contribution in [0.2, 0.25) is 0 Å². The molecule has 0 bridgehead atoms. The Morgan fingerprint density at radius 3 is 2.90 bits per heavy atom. The summed E-state index contributed by atoms with van der Waals surface area (Å²) in [6, 6.07) is 5.50. The van der Waals surface area contributed by atoms with E-state index in [4.69, 9.17) is 0 Å². The molecule has 20 heavy (non-hydrogen) atoms. The van der Waals surface area contributed by atoms with Gasteiger partial charge in [-0.2, -0.15) is 0 Å². The van der Waals surface area contributed by atoms with E-state index in [9.17, 15) is 18.5 Å². The minimum absolute atomic E-state index is 0.0304. The van der Waals surface area contributed by atoms with Crippen LogP contribution in [-0.2, 0) is 10.0 Å². The van der Waals surface area contributed by atoms with Crippen LogP contribution in [0.25, 0.3) is 0 Å². The Bertz CT molecular complexity index is 582. The third-order valence-electron chi connectivity index (χ3n) is 3.18. The number of non-ortho nitro benzene ring substituents is 1. The van der Waals surface area contributed by atoms with E-state index in [1.165, 1.54) is 24.3 Å². The van der Waals surface area contributed by atoms with E-state index in [2.05, 4.69) is 10.0 Å². The first-order valence-corrected chi connectivity index (χ1v) is 8.07. The molecule has 0 aliphatic carbocycles. The van der Waals surface area contributed by atoms with E-state index in [0.717, 1.165) is 19.4 Å². The van der Waals surface area contributed by atoms with Gasteiger partial charge in [0.25, 0.3) is 5.69 Å². The molecule has 1 heterocycles. The molecule has 7 nitrogen and oxygen atoms in total. The molecule has 110 valence electrons. The summed E-state index contributed by atoms with van der Waals surface area (Å²) in [5.74, 6) is 0.114. The first-order valence-electron chi connectivity index (χ1n) is 6.42. The highest BCUT2D eigenvalue weighted by molar-refractivity contribution is 7.92. The maximum Gasteiger partial charge on any atom is 0.271 e. The second-order valence-corrected chi connectivity index (χ2v) is 6.67. The number of hydrogen-bond acceptors (Lipinski definition) is 5. The Labute approximate surface area is 117 Å². The van der Waals surface area contributed by atoms with Gasteiger partial charge in [-0.05, 0) is 37.9 Å². The summed E-state index contributed by atoms with van der Waals surface area (Å²) in [5.41, 5.74) is 0.0903. The van der Waals surface area contributed by atoms with Crippen LogP contribution in [0.4, 0.5) is 11.4 Å². The number of hydrogen-bond donors (Lipinski definition) is 2. The van der Waals surface area contributed by atoms with Crippen molar-refractivity contribution in [2.45, 2.75) is 12.8 Å². The largest absolute Gasteiger partial charge is 0.316 e. The van der Waals surface area contributed by atoms with Crippen LogP contribution >= 0.6 is 0 Å². The predicted octanol–water partition coefficient (Wildman–Crippen LogP) is 1.34. The zero-order chi connectivity index (χ0) is 14.6. The van der Waals surface area contributed by atoms with Crippen molar-refractivity contribution in [2.75, 3.05) is 23.6 Å². The molecule has 1 fully saturated rings. The minimum Gasteiger partial charge on any atom is -0.316 e. The fourth-order valence-corrected chi connectivity index (χ4v) is 3.76. The maximum atomic E-state index is 12.0. The van der Waals surface area contributed by atoms with Crippen molar-refractivity contribution in [3.63, 3.8) is 0 Å². The number of nitro groups is 1. The molecule has 1 aromatic rings. The van der Waals surface area contributed by atoms with E-state index >= 15 is 0 Å². The summed E-state index contributed by atoms with van der Waals surface area (Å²) in [7, 11) is -3.49. The molecular formula is C12H17N3O4S. The number of rotatable bonds is 5. The number of nitrogens with one attached hydrogen (secondary N) is 2. The van der Waals surface area contributed by atoms with Crippen molar-refractivity contribution in [3.05, 3.63) is 34.4 Å². The molecule has 8 heteroatoms. The molecule has 2 rings (SSSR count). The second-order valence-electron chi connectivity index (χ2n) is 4.90. The summed E-state index contributed by atoms with van der Waals surface area (Å²) < 4.78 is 26.5. The summed E-state index contributed by atoms with van der Waals surface area (Å²) >= 11 is 0. The number of nitrogens with zero attached hydrogens (tertiary/aromatic N) is 1. The van der Waals surface area contributed by atoms with Crippen molar-refractivity contribution in [1.82, 2.24) is 5.32 Å². The lowest BCUT2D eigenvalue weighted by molar-refractivity contribution is -0.384. The number of anilines is 1. The fraction of sp³-hybridized carbons (Fsp3) is 0.500. The summed E-state index contributed by atoms with van der Waals surface area (Å²) in [6.07, 6.45) is 1.85. The van der Waals surface area contributed by atoms with Crippen molar-refractivity contribution < 1.29 is 13.3 Å². The smallest absolute Gasteiger partial charge is 0.271 e. The standard InChI is InChI=1S/C12H17N3O4S/c16-15(17)12-5-1-4-11(7-12)14-20(18,19)9-10-3-2-6-13-8-10/h1,4-5,7,10,13-14H,2-3,6,8-9H2. The average Bonchev–Trinajstić information content (AvgIpc) is 2.39. The van der Waals surface area contributed by atoms with Crippen LogP contribution in [-0.4, -0.2) is 32.2 Å². The molecule has 1 aromatic carbocycles. The lowest BCUT2D eigenvalue weighted by atomic mass is 10.0. The first kappa shape index (κ1) is 14.7. The van der Waals surface area contributed by atoms with E-state index in [0.29, 0.717) is 6.54 Å². The highest BCUT2D eigenvalue weighted by Gasteiger charge is 2.21. The molecule has 1 atom stereocenters. The average molecular weight is 299 g/mol. The van der Waals surface area contributed by atoms with Crippen LogP contribution in [0, 0.1) is 16.0 Å². The molecule has 0 spiro atoms. The van der Waals surface area contributed by atoms with Gasteiger partial charge in [-0.15, -0.1) is 0 Å². The lowest BCUT2D eigenvalue weighted by Gasteiger charge is -2.22. The highest BCUT2D eigenvalue weighted by Crippen LogP contribution is 2.19. The predicted molar refractivity (Wildman–Crippen MR) is 76.1 cm³/mol. The maximum absolute atomic E-state index is 12.0. The van der Waals surface area contributed by atoms with E-state index in [1.54, 1.807) is 0 Å². The monoisotopic (exact) mass is 299 g/mol. The normalized spacial score (nSPS) is 19.5. The molecule has 2 N–H and O–H groups in total. The molecule has 0 radical (unpaired) electrons. The van der Waals surface area contributed by atoms with Crippen LogP contribution < -0.4 is 10.0 Å². The third-order valence-corrected chi connectivity index (χ3v) is 4.64. The quantitative estimate of drug-likeness (QED) is 0.631. The van der Waals surface area contributed by atoms with Crippen molar-refractivity contribution >= 4 is 21.4 Å². The highest BCUT2D eigenvalue weighted by atomic mass is 32.2. The van der Waals surface area contributed by atoms with Gasteiger partial charge in [0.2, 0.25) is 10.0 Å². The Balaban J connectivity index is 2.03. The number of nitro benzene ring substituents is 1. The minimum atomic E-state index is -3.49. The summed E-state index contributed by atoms with van der Waals surface area (Å²) in [6.45, 7) is 1.62. The Morgan fingerprint density at radius 1 is 1.45 bits per heavy atom. The van der Waals surface area contributed by atoms with Gasteiger partial charge in [-0.3, -0.25) is 14.8 Å². The Hall–Kier alpha value is -1.67. The Kier molecular flexibility index (Phi) is 4.56. The van der Waals surface area contributed by atoms with Gasteiger partial charge in [0.15, 0.2) is 0 Å². The zero-order valence-electron chi connectivity index (χ0n) is 10.9. The van der Waals surface area contributed by atoms with Crippen LogP contribution in [0.3, 0.4) is 0 Å². The summed E-state index contributed by atoms with van der Waals surface area (Å²) in [5, 5.41) is 13.8. The summed E-state index contributed by atoms with van der Waals surface area (Å²) in [4.78, 5) is 10.1. The fourth-order valence-electron chi connectivity index (χ4n) is 2.28. The van der Waals surface area contributed by atoms with E-state index in [-0.39, 0.29) is 23.0 Å². The molecule has 1 saturated heterocycles. The molecular weight excluding hydrogens is 282 g/mol. The van der Waals surface area contributed by atoms with Crippen LogP contribution in [0.5, 0.6) is 0 Å². The lowest BCUT2D eigenvalue weighted by Crippen LogP contribution is -2.35. The van der Waals surface area contributed by atoms with Gasteiger partial charge in [-0.25, -0.2) is 8.42 Å². The topological polar surface area (TPSA) is 101 Å². The number of sulfonamides is 1. The molecule has 0 amide bonds. The molecule has 0 saturated carbocycles. The van der Waals surface area contributed by atoms with Crippen molar-refractivity contribution in [1.29, 1.82) is 0 Å². The molecule has 1 unspecified atom stereocenters. The van der Waals surface area contributed by atoms with Crippen LogP contribution in [0.1, 0.15) is 12.8 Å². The van der Waals surface area contributed by atoms with Crippen molar-refractivity contribution in [2.24, 2.45) is 5.92 Å². The van der Waals surface area contributed by atoms with Gasteiger partial charge in [0, 0.05) is 12.1 Å². The van der Waals surface area contributed by atoms with Crippen molar-refractivity contribution in [3.8, 4) is 0 Å². The van der Waals surface area contributed by atoms with Gasteiger partial charge in [0.05, 0.1) is 16.4 Å². The van der Waals surface area contributed by atoms with E-state index in [1.807, 2.05) is 0 Å². The second kappa shape index (κ2) is 6.19. The van der Waals surface area contributed by atoms with Gasteiger partial charge < -0.3 is 5.32 Å². The molecule has 0 aromatic heterocycles. The van der Waals surface area contributed by atoms with Gasteiger partial charge >= 0.3 is 0 Å². The van der Waals surface area contributed by atoms with Gasteiger partial charge in [0.1, 0.15) is 0 Å². The first-order chi connectivity index (χ1) is 9.46. The molecule has 1 aliphatic heterocycles. The zero-order valence-corrected chi connectivity index (χ0v) is 11.7. The van der Waals surface area contributed by atoms with Gasteiger partial charge in [-0.1, -0.05) is 6.07 Å². The SMILES string of the molecule is O=[N+]([O-])c1cccc(NS(=O)(=O)CC2CCCNC2)c1. The third kappa shape index (κ3) is 4.17. The van der Waals surface area contributed by atoms with Crippen LogP contribution in [0.15, 0.2) is 24.3 Å². The Morgan fingerprint density at radius 2 is 2.25 bits per heavy atom. The number of benzene rings is 1. The number of piperidine rings is 1. The van der Waals surface area contributed by atoms with E-state index < -0.39 is 14.9 Å². The molecule has 1 aliphatic rings.